The van der Waals surface area contributed by atoms with E-state index in [-0.39, 0.29) is 12.2 Å². The molecule has 1 saturated carbocycles. The van der Waals surface area contributed by atoms with Gasteiger partial charge in [0.1, 0.15) is 6.10 Å². The van der Waals surface area contributed by atoms with Gasteiger partial charge in [0.2, 0.25) is 0 Å². The standard InChI is InChI=1S/C13H20O4/c1-10(2)16-12(14)8-9-13(15)17-11-6-4-3-5-7-11/h8-11H,3-7H2,1-2H3. The Balaban J connectivity index is 2.28. The molecule has 0 atom stereocenters. The summed E-state index contributed by atoms with van der Waals surface area (Å²) in [4.78, 5) is 22.5. The average molecular weight is 240 g/mol. The molecule has 1 aliphatic carbocycles. The van der Waals surface area contributed by atoms with E-state index in [1.807, 2.05) is 0 Å². The molecule has 0 aromatic heterocycles. The van der Waals surface area contributed by atoms with Gasteiger partial charge in [0.15, 0.2) is 0 Å². The highest BCUT2D eigenvalue weighted by Crippen LogP contribution is 2.20. The van der Waals surface area contributed by atoms with Gasteiger partial charge in [-0.2, -0.15) is 0 Å². The fraction of sp³-hybridized carbons (Fsp3) is 0.692. The molecule has 1 fully saturated rings. The fourth-order valence-corrected chi connectivity index (χ4v) is 1.79. The first-order valence-corrected chi connectivity index (χ1v) is 6.17. The number of carbonyl (C=O) groups is 2. The van der Waals surface area contributed by atoms with Crippen LogP contribution in [0.2, 0.25) is 0 Å². The third kappa shape index (κ3) is 6.09. The zero-order valence-corrected chi connectivity index (χ0v) is 10.5. The summed E-state index contributed by atoms with van der Waals surface area (Å²) in [5.74, 6) is -0.974. The summed E-state index contributed by atoms with van der Waals surface area (Å²) >= 11 is 0. The Morgan fingerprint density at radius 2 is 1.65 bits per heavy atom. The molecule has 0 spiro atoms. The van der Waals surface area contributed by atoms with Crippen LogP contribution in [0, 0.1) is 0 Å². The van der Waals surface area contributed by atoms with E-state index in [2.05, 4.69) is 0 Å². The van der Waals surface area contributed by atoms with E-state index in [0.717, 1.165) is 37.8 Å². The van der Waals surface area contributed by atoms with Gasteiger partial charge in [-0.1, -0.05) is 6.42 Å². The predicted octanol–water partition coefficient (Wildman–Crippen LogP) is 2.37. The van der Waals surface area contributed by atoms with Gasteiger partial charge in [0.25, 0.3) is 0 Å². The lowest BCUT2D eigenvalue weighted by Gasteiger charge is -2.20. The zero-order chi connectivity index (χ0) is 12.7. The van der Waals surface area contributed by atoms with E-state index in [1.165, 1.54) is 6.42 Å². The number of hydrogen-bond acceptors (Lipinski definition) is 4. The predicted molar refractivity (Wildman–Crippen MR) is 63.3 cm³/mol. The molecule has 0 N–H and O–H groups in total. The maximum Gasteiger partial charge on any atom is 0.331 e. The van der Waals surface area contributed by atoms with Crippen molar-refractivity contribution in [2.24, 2.45) is 0 Å². The van der Waals surface area contributed by atoms with Crippen molar-refractivity contribution in [2.45, 2.75) is 58.2 Å². The minimum absolute atomic E-state index is 0.0158. The Hall–Kier alpha value is -1.32. The SMILES string of the molecule is CC(C)OC(=O)C=CC(=O)OC1CCCCC1. The van der Waals surface area contributed by atoms with Crippen LogP contribution in [0.15, 0.2) is 12.2 Å². The van der Waals surface area contributed by atoms with Gasteiger partial charge in [-0.05, 0) is 39.5 Å². The Morgan fingerprint density at radius 1 is 1.06 bits per heavy atom. The molecule has 4 heteroatoms. The second-order valence-electron chi connectivity index (χ2n) is 4.52. The molecule has 0 bridgehead atoms. The van der Waals surface area contributed by atoms with Gasteiger partial charge < -0.3 is 9.47 Å². The van der Waals surface area contributed by atoms with Crippen molar-refractivity contribution >= 4 is 11.9 Å². The van der Waals surface area contributed by atoms with Crippen molar-refractivity contribution < 1.29 is 19.1 Å². The fourth-order valence-electron chi connectivity index (χ4n) is 1.79. The lowest BCUT2D eigenvalue weighted by molar-refractivity contribution is -0.146. The van der Waals surface area contributed by atoms with Crippen LogP contribution >= 0.6 is 0 Å². The molecule has 0 heterocycles. The monoisotopic (exact) mass is 240 g/mol. The number of hydrogen-bond donors (Lipinski definition) is 0. The van der Waals surface area contributed by atoms with Crippen molar-refractivity contribution in [3.63, 3.8) is 0 Å². The highest BCUT2D eigenvalue weighted by Gasteiger charge is 2.16. The van der Waals surface area contributed by atoms with Gasteiger partial charge in [0.05, 0.1) is 6.10 Å². The van der Waals surface area contributed by atoms with Crippen LogP contribution in [-0.4, -0.2) is 24.1 Å². The topological polar surface area (TPSA) is 52.6 Å². The number of esters is 2. The molecule has 17 heavy (non-hydrogen) atoms. The van der Waals surface area contributed by atoms with E-state index in [9.17, 15) is 9.59 Å². The summed E-state index contributed by atoms with van der Waals surface area (Å²) in [6.07, 6.45) is 7.37. The Morgan fingerprint density at radius 3 is 2.24 bits per heavy atom. The molecule has 0 amide bonds. The van der Waals surface area contributed by atoms with Crippen LogP contribution in [0.25, 0.3) is 0 Å². The molecule has 0 aromatic rings. The Labute approximate surface area is 102 Å². The molecule has 96 valence electrons. The highest BCUT2D eigenvalue weighted by molar-refractivity contribution is 5.91. The van der Waals surface area contributed by atoms with Crippen molar-refractivity contribution in [3.05, 3.63) is 12.2 Å². The number of ether oxygens (including phenoxy) is 2. The number of rotatable bonds is 4. The largest absolute Gasteiger partial charge is 0.460 e. The second-order valence-corrected chi connectivity index (χ2v) is 4.52. The van der Waals surface area contributed by atoms with Gasteiger partial charge >= 0.3 is 11.9 Å². The summed E-state index contributed by atoms with van der Waals surface area (Å²) in [6.45, 7) is 3.51. The quantitative estimate of drug-likeness (QED) is 0.559. The van der Waals surface area contributed by atoms with Gasteiger partial charge in [0, 0.05) is 12.2 Å². The minimum atomic E-state index is -0.513. The molecule has 1 aliphatic rings. The first-order chi connectivity index (χ1) is 8.08. The zero-order valence-electron chi connectivity index (χ0n) is 10.5. The van der Waals surface area contributed by atoms with Crippen LogP contribution in [0.5, 0.6) is 0 Å². The molecule has 1 rings (SSSR count). The van der Waals surface area contributed by atoms with E-state index in [1.54, 1.807) is 13.8 Å². The molecule has 0 aliphatic heterocycles. The summed E-state index contributed by atoms with van der Waals surface area (Å²) in [6, 6.07) is 0. The Kier molecular flexibility index (Phi) is 5.73. The first kappa shape index (κ1) is 13.7. The van der Waals surface area contributed by atoms with Crippen LogP contribution in [0.1, 0.15) is 46.0 Å². The van der Waals surface area contributed by atoms with Crippen molar-refractivity contribution in [1.82, 2.24) is 0 Å². The normalized spacial score (nSPS) is 17.4. The molecule has 0 saturated heterocycles. The van der Waals surface area contributed by atoms with Crippen LogP contribution in [0.3, 0.4) is 0 Å². The molecular weight excluding hydrogens is 220 g/mol. The third-order valence-electron chi connectivity index (χ3n) is 2.54. The van der Waals surface area contributed by atoms with Crippen LogP contribution in [-0.2, 0) is 19.1 Å². The molecule has 0 aromatic carbocycles. The number of carbonyl (C=O) groups excluding carboxylic acids is 2. The summed E-state index contributed by atoms with van der Waals surface area (Å²) in [7, 11) is 0. The summed E-state index contributed by atoms with van der Waals surface area (Å²) in [5.41, 5.74) is 0. The van der Waals surface area contributed by atoms with Crippen molar-refractivity contribution in [2.75, 3.05) is 0 Å². The van der Waals surface area contributed by atoms with Gasteiger partial charge in [-0.3, -0.25) is 0 Å². The minimum Gasteiger partial charge on any atom is -0.460 e. The van der Waals surface area contributed by atoms with E-state index in [0.29, 0.717) is 0 Å². The molecule has 0 unspecified atom stereocenters. The second kappa shape index (κ2) is 7.09. The van der Waals surface area contributed by atoms with Crippen LogP contribution in [0.4, 0.5) is 0 Å². The van der Waals surface area contributed by atoms with Gasteiger partial charge in [-0.15, -0.1) is 0 Å². The first-order valence-electron chi connectivity index (χ1n) is 6.17. The van der Waals surface area contributed by atoms with E-state index in [4.69, 9.17) is 9.47 Å². The lowest BCUT2D eigenvalue weighted by atomic mass is 9.98. The maximum absolute atomic E-state index is 11.4. The van der Waals surface area contributed by atoms with Crippen molar-refractivity contribution in [1.29, 1.82) is 0 Å². The molecule has 0 radical (unpaired) electrons. The third-order valence-corrected chi connectivity index (χ3v) is 2.54. The van der Waals surface area contributed by atoms with E-state index < -0.39 is 11.9 Å². The lowest BCUT2D eigenvalue weighted by Crippen LogP contribution is -2.20. The summed E-state index contributed by atoms with van der Waals surface area (Å²) < 4.78 is 10.1. The van der Waals surface area contributed by atoms with Crippen LogP contribution < -0.4 is 0 Å². The van der Waals surface area contributed by atoms with Gasteiger partial charge in [-0.25, -0.2) is 9.59 Å². The molecular formula is C13H20O4. The van der Waals surface area contributed by atoms with Crippen molar-refractivity contribution in [3.8, 4) is 0 Å². The summed E-state index contributed by atoms with van der Waals surface area (Å²) in [5, 5.41) is 0. The molecule has 4 nitrogen and oxygen atoms in total. The smallest absolute Gasteiger partial charge is 0.331 e. The Bertz CT molecular complexity index is 288. The van der Waals surface area contributed by atoms with E-state index >= 15 is 0 Å². The highest BCUT2D eigenvalue weighted by atomic mass is 16.5. The average Bonchev–Trinajstić information content (AvgIpc) is 2.27. The maximum atomic E-state index is 11.4.